The molecule has 1 amide bonds. The van der Waals surface area contributed by atoms with Gasteiger partial charge in [0.05, 0.1) is 35.8 Å². The van der Waals surface area contributed by atoms with E-state index in [0.29, 0.717) is 30.4 Å². The van der Waals surface area contributed by atoms with E-state index in [1.54, 1.807) is 12.3 Å². The van der Waals surface area contributed by atoms with Gasteiger partial charge in [0.25, 0.3) is 5.91 Å². The average Bonchev–Trinajstić information content (AvgIpc) is 3.40. The van der Waals surface area contributed by atoms with Crippen molar-refractivity contribution in [3.8, 4) is 0 Å². The quantitative estimate of drug-likeness (QED) is 0.831. The fourth-order valence-corrected chi connectivity index (χ4v) is 5.71. The lowest BCUT2D eigenvalue weighted by atomic mass is 9.77. The molecule has 8 heteroatoms. The van der Waals surface area contributed by atoms with E-state index < -0.39 is 6.10 Å². The molecule has 30 heavy (non-hydrogen) atoms. The van der Waals surface area contributed by atoms with Crippen molar-refractivity contribution in [2.24, 2.45) is 17.8 Å². The molecule has 160 valence electrons. The van der Waals surface area contributed by atoms with E-state index in [9.17, 15) is 9.90 Å². The van der Waals surface area contributed by atoms with E-state index >= 15 is 0 Å². The first kappa shape index (κ1) is 19.6. The van der Waals surface area contributed by atoms with Crippen molar-refractivity contribution in [1.29, 1.82) is 0 Å². The van der Waals surface area contributed by atoms with Crippen LogP contribution in [0.2, 0.25) is 0 Å². The van der Waals surface area contributed by atoms with Crippen molar-refractivity contribution < 1.29 is 9.90 Å². The summed E-state index contributed by atoms with van der Waals surface area (Å²) in [5, 5.41) is 27.2. The van der Waals surface area contributed by atoms with Gasteiger partial charge in [-0.25, -0.2) is 4.68 Å². The van der Waals surface area contributed by atoms with Crippen LogP contribution in [0.25, 0.3) is 0 Å². The van der Waals surface area contributed by atoms with Crippen LogP contribution in [0.4, 0.5) is 0 Å². The maximum atomic E-state index is 12.8. The molecule has 1 aliphatic heterocycles. The molecule has 1 saturated heterocycles. The summed E-state index contributed by atoms with van der Waals surface area (Å²) >= 11 is 0. The van der Waals surface area contributed by atoms with E-state index in [0.717, 1.165) is 31.0 Å². The molecule has 0 spiro atoms. The van der Waals surface area contributed by atoms with Gasteiger partial charge >= 0.3 is 0 Å². The Balaban J connectivity index is 1.23. The number of aliphatic hydroxyl groups excluding tert-OH is 1. The molecule has 2 aromatic rings. The molecule has 3 heterocycles. The van der Waals surface area contributed by atoms with Crippen molar-refractivity contribution >= 4 is 5.91 Å². The maximum Gasteiger partial charge on any atom is 0.255 e. The van der Waals surface area contributed by atoms with Crippen molar-refractivity contribution in [3.63, 3.8) is 0 Å². The zero-order valence-electron chi connectivity index (χ0n) is 17.3. The molecule has 5 rings (SSSR count). The second-order valence-electron chi connectivity index (χ2n) is 9.37. The van der Waals surface area contributed by atoms with E-state index in [1.165, 1.54) is 38.3 Å². The zero-order valence-corrected chi connectivity index (χ0v) is 17.3. The standard InChI is InChI=1S/C22H30N6O2/c29-21-10-18-13-27(22(30)16-6-7-23-24-11-16)12-17(18)9-20(21)28-14-19(25-26-28)8-15-4-2-1-3-5-15/h6-7,11,14-15,17-18,20-21,29H,1-5,8-10,12-13H2/t17-,18+,20-,21-/m1/s1. The molecule has 1 N–H and O–H groups in total. The van der Waals surface area contributed by atoms with Gasteiger partial charge in [-0.1, -0.05) is 37.3 Å². The number of hydrogen-bond donors (Lipinski definition) is 1. The summed E-state index contributed by atoms with van der Waals surface area (Å²) in [4.78, 5) is 14.7. The molecule has 3 aliphatic rings. The Hall–Kier alpha value is -2.35. The second kappa shape index (κ2) is 8.41. The number of fused-ring (bicyclic) bond motifs is 1. The first-order valence-electron chi connectivity index (χ1n) is 11.3. The summed E-state index contributed by atoms with van der Waals surface area (Å²) < 4.78 is 1.89. The number of carbonyl (C=O) groups is 1. The Bertz CT molecular complexity index is 866. The maximum absolute atomic E-state index is 12.8. The molecule has 0 unspecified atom stereocenters. The van der Waals surface area contributed by atoms with Gasteiger partial charge in [-0.3, -0.25) is 4.79 Å². The van der Waals surface area contributed by atoms with Crippen LogP contribution in [-0.4, -0.2) is 60.3 Å². The van der Waals surface area contributed by atoms with Crippen LogP contribution in [0.3, 0.4) is 0 Å². The number of likely N-dealkylation sites (tertiary alicyclic amines) is 1. The number of aromatic nitrogens is 5. The van der Waals surface area contributed by atoms with Gasteiger partial charge < -0.3 is 10.0 Å². The van der Waals surface area contributed by atoms with Crippen molar-refractivity contribution in [2.45, 2.75) is 63.5 Å². The topological polar surface area (TPSA) is 97.0 Å². The molecule has 8 nitrogen and oxygen atoms in total. The fourth-order valence-electron chi connectivity index (χ4n) is 5.71. The Morgan fingerprint density at radius 1 is 1.10 bits per heavy atom. The molecule has 2 saturated carbocycles. The average molecular weight is 411 g/mol. The lowest BCUT2D eigenvalue weighted by Gasteiger charge is -2.34. The molecule has 2 aliphatic carbocycles. The largest absolute Gasteiger partial charge is 0.391 e. The van der Waals surface area contributed by atoms with Crippen LogP contribution in [0.15, 0.2) is 24.7 Å². The molecule has 0 aromatic carbocycles. The molecule has 0 radical (unpaired) electrons. The van der Waals surface area contributed by atoms with E-state index in [-0.39, 0.29) is 11.9 Å². The number of amides is 1. The van der Waals surface area contributed by atoms with Crippen LogP contribution in [0.5, 0.6) is 0 Å². The first-order chi connectivity index (χ1) is 14.7. The molecule has 4 atom stereocenters. The van der Waals surface area contributed by atoms with Crippen LogP contribution >= 0.6 is 0 Å². The lowest BCUT2D eigenvalue weighted by Crippen LogP contribution is -2.36. The highest BCUT2D eigenvalue weighted by molar-refractivity contribution is 5.94. The number of rotatable bonds is 4. The summed E-state index contributed by atoms with van der Waals surface area (Å²) in [5.74, 6) is 1.44. The third-order valence-electron chi connectivity index (χ3n) is 7.35. The number of hydrogen-bond acceptors (Lipinski definition) is 6. The fraction of sp³-hybridized carbons (Fsp3) is 0.682. The minimum atomic E-state index is -0.451. The second-order valence-corrected chi connectivity index (χ2v) is 9.37. The summed E-state index contributed by atoms with van der Waals surface area (Å²) in [6.45, 7) is 1.42. The Labute approximate surface area is 176 Å². The van der Waals surface area contributed by atoms with Crippen molar-refractivity contribution in [2.75, 3.05) is 13.1 Å². The number of carbonyl (C=O) groups excluding carboxylic acids is 1. The monoisotopic (exact) mass is 410 g/mol. The Kier molecular flexibility index (Phi) is 5.50. The molecule has 2 aromatic heterocycles. The highest BCUT2D eigenvalue weighted by atomic mass is 16.3. The predicted octanol–water partition coefficient (Wildman–Crippen LogP) is 2.28. The Morgan fingerprint density at radius 2 is 1.90 bits per heavy atom. The van der Waals surface area contributed by atoms with Crippen LogP contribution in [-0.2, 0) is 6.42 Å². The minimum absolute atomic E-state index is 0.000800. The van der Waals surface area contributed by atoms with E-state index in [1.807, 2.05) is 15.8 Å². The van der Waals surface area contributed by atoms with E-state index in [2.05, 4.69) is 20.5 Å². The summed E-state index contributed by atoms with van der Waals surface area (Å²) in [5.41, 5.74) is 1.62. The van der Waals surface area contributed by atoms with Gasteiger partial charge in [0.2, 0.25) is 0 Å². The molecular formula is C22H30N6O2. The van der Waals surface area contributed by atoms with Crippen LogP contribution in [0, 0.1) is 17.8 Å². The molecule has 0 bridgehead atoms. The lowest BCUT2D eigenvalue weighted by molar-refractivity contribution is 0.0298. The normalized spacial score (nSPS) is 29.7. The first-order valence-corrected chi connectivity index (χ1v) is 11.3. The molecule has 3 fully saturated rings. The van der Waals surface area contributed by atoms with E-state index in [4.69, 9.17) is 0 Å². The van der Waals surface area contributed by atoms with Gasteiger partial charge in [-0.15, -0.1) is 5.10 Å². The SMILES string of the molecule is O=C(c1ccnnc1)N1C[C@H]2C[C@@H](n3cc(CC4CCCCC4)nn3)[C@H](O)C[C@H]2C1. The van der Waals surface area contributed by atoms with Crippen LogP contribution in [0.1, 0.15) is 67.0 Å². The van der Waals surface area contributed by atoms with Crippen LogP contribution < -0.4 is 0 Å². The Morgan fingerprint density at radius 3 is 2.67 bits per heavy atom. The minimum Gasteiger partial charge on any atom is -0.391 e. The summed E-state index contributed by atoms with van der Waals surface area (Å²) in [6, 6.07) is 1.65. The van der Waals surface area contributed by atoms with Gasteiger partial charge in [0.1, 0.15) is 0 Å². The third kappa shape index (κ3) is 3.97. The highest BCUT2D eigenvalue weighted by Crippen LogP contribution is 2.41. The summed E-state index contributed by atoms with van der Waals surface area (Å²) in [6.07, 6.45) is 13.8. The predicted molar refractivity (Wildman–Crippen MR) is 109 cm³/mol. The van der Waals surface area contributed by atoms with Gasteiger partial charge in [-0.05, 0) is 43.1 Å². The number of nitrogens with zero attached hydrogens (tertiary/aromatic N) is 6. The van der Waals surface area contributed by atoms with Gasteiger partial charge in [0.15, 0.2) is 0 Å². The smallest absolute Gasteiger partial charge is 0.255 e. The van der Waals surface area contributed by atoms with Gasteiger partial charge in [0, 0.05) is 19.3 Å². The van der Waals surface area contributed by atoms with Gasteiger partial charge in [-0.2, -0.15) is 10.2 Å². The summed E-state index contributed by atoms with van der Waals surface area (Å²) in [7, 11) is 0. The van der Waals surface area contributed by atoms with Crippen molar-refractivity contribution in [1.82, 2.24) is 30.1 Å². The van der Waals surface area contributed by atoms with Crippen molar-refractivity contribution in [3.05, 3.63) is 35.9 Å². The molecular weight excluding hydrogens is 380 g/mol. The number of aliphatic hydroxyl groups is 1. The zero-order chi connectivity index (χ0) is 20.5. The third-order valence-corrected chi connectivity index (χ3v) is 7.35. The highest BCUT2D eigenvalue weighted by Gasteiger charge is 2.44.